The number of nitrogen functional groups attached to an aromatic ring is 1. The van der Waals surface area contributed by atoms with Gasteiger partial charge in [0.05, 0.1) is 17.8 Å². The van der Waals surface area contributed by atoms with Gasteiger partial charge in [0.15, 0.2) is 0 Å². The summed E-state index contributed by atoms with van der Waals surface area (Å²) in [5, 5.41) is 16.1. The summed E-state index contributed by atoms with van der Waals surface area (Å²) in [5.41, 5.74) is 9.35. The van der Waals surface area contributed by atoms with Crippen LogP contribution in [0.4, 0.5) is 5.82 Å². The van der Waals surface area contributed by atoms with Crippen molar-refractivity contribution in [2.75, 3.05) is 5.73 Å². The van der Waals surface area contributed by atoms with Crippen LogP contribution in [0.3, 0.4) is 0 Å². The lowest BCUT2D eigenvalue weighted by molar-refractivity contribution is 0.650. The molecule has 2 N–H and O–H groups in total. The number of aryl methyl sites for hydroxylation is 1. The van der Waals surface area contributed by atoms with Crippen molar-refractivity contribution in [2.24, 2.45) is 0 Å². The molecule has 0 saturated carbocycles. The molecule has 18 heavy (non-hydrogen) atoms. The fourth-order valence-corrected chi connectivity index (χ4v) is 1.80. The standard InChI is InChI=1S/C12H12N6/c1-8-2-4-10-11(6-8)18(17-15-10)7-9-3-5-12(13)16-14-9/h2-6H,7H2,1H3,(H2,13,16). The minimum atomic E-state index is 0.415. The molecule has 90 valence electrons. The number of anilines is 1. The predicted molar refractivity (Wildman–Crippen MR) is 67.8 cm³/mol. The number of rotatable bonds is 2. The van der Waals surface area contributed by atoms with Crippen LogP contribution in [-0.2, 0) is 6.54 Å². The topological polar surface area (TPSA) is 82.5 Å². The van der Waals surface area contributed by atoms with E-state index in [4.69, 9.17) is 5.73 Å². The summed E-state index contributed by atoms with van der Waals surface area (Å²) in [6, 6.07) is 9.60. The third-order valence-electron chi connectivity index (χ3n) is 2.72. The molecule has 0 aliphatic heterocycles. The lowest BCUT2D eigenvalue weighted by atomic mass is 10.2. The van der Waals surface area contributed by atoms with Crippen LogP contribution in [0.25, 0.3) is 11.0 Å². The van der Waals surface area contributed by atoms with Crippen LogP contribution in [0.1, 0.15) is 11.3 Å². The molecule has 2 heterocycles. The van der Waals surface area contributed by atoms with E-state index in [1.54, 1.807) is 6.07 Å². The van der Waals surface area contributed by atoms with Crippen molar-refractivity contribution in [3.05, 3.63) is 41.6 Å². The van der Waals surface area contributed by atoms with Gasteiger partial charge >= 0.3 is 0 Å². The Morgan fingerprint density at radius 3 is 2.78 bits per heavy atom. The first-order valence-corrected chi connectivity index (χ1v) is 5.60. The lowest BCUT2D eigenvalue weighted by Crippen LogP contribution is -2.05. The van der Waals surface area contributed by atoms with Gasteiger partial charge in [-0.05, 0) is 36.8 Å². The molecule has 0 unspecified atom stereocenters. The minimum Gasteiger partial charge on any atom is -0.382 e. The number of nitrogens with zero attached hydrogens (tertiary/aromatic N) is 5. The average Bonchev–Trinajstić information content (AvgIpc) is 2.75. The van der Waals surface area contributed by atoms with E-state index in [-0.39, 0.29) is 0 Å². The monoisotopic (exact) mass is 240 g/mol. The highest BCUT2D eigenvalue weighted by Crippen LogP contribution is 2.13. The first-order valence-electron chi connectivity index (χ1n) is 5.60. The van der Waals surface area contributed by atoms with Crippen molar-refractivity contribution in [3.63, 3.8) is 0 Å². The van der Waals surface area contributed by atoms with E-state index in [1.807, 2.05) is 29.8 Å². The van der Waals surface area contributed by atoms with Crippen LogP contribution in [0.15, 0.2) is 30.3 Å². The van der Waals surface area contributed by atoms with E-state index >= 15 is 0 Å². The second-order valence-electron chi connectivity index (χ2n) is 4.19. The SMILES string of the molecule is Cc1ccc2nnn(Cc3ccc(N)nn3)c2c1. The summed E-state index contributed by atoms with van der Waals surface area (Å²) in [6.07, 6.45) is 0. The second-order valence-corrected chi connectivity index (χ2v) is 4.19. The van der Waals surface area contributed by atoms with Gasteiger partial charge in [-0.1, -0.05) is 11.3 Å². The smallest absolute Gasteiger partial charge is 0.146 e. The van der Waals surface area contributed by atoms with Crippen molar-refractivity contribution in [1.82, 2.24) is 25.2 Å². The van der Waals surface area contributed by atoms with Crippen molar-refractivity contribution in [1.29, 1.82) is 0 Å². The number of benzene rings is 1. The zero-order valence-corrected chi connectivity index (χ0v) is 9.91. The van der Waals surface area contributed by atoms with Crippen molar-refractivity contribution in [3.8, 4) is 0 Å². The molecular weight excluding hydrogens is 228 g/mol. The Bertz CT molecular complexity index is 685. The molecule has 0 aliphatic rings. The first-order chi connectivity index (χ1) is 8.72. The number of nitrogens with two attached hydrogens (primary N) is 1. The summed E-state index contributed by atoms with van der Waals surface area (Å²) < 4.78 is 1.81. The molecule has 0 saturated heterocycles. The van der Waals surface area contributed by atoms with E-state index in [0.29, 0.717) is 12.4 Å². The number of fused-ring (bicyclic) bond motifs is 1. The molecule has 6 heteroatoms. The highest BCUT2D eigenvalue weighted by molar-refractivity contribution is 5.75. The zero-order valence-electron chi connectivity index (χ0n) is 9.91. The summed E-state index contributed by atoms with van der Waals surface area (Å²) in [5.74, 6) is 0.415. The van der Waals surface area contributed by atoms with Crippen LogP contribution in [0.2, 0.25) is 0 Å². The van der Waals surface area contributed by atoms with Crippen LogP contribution in [-0.4, -0.2) is 25.2 Å². The maximum atomic E-state index is 5.50. The third-order valence-corrected chi connectivity index (χ3v) is 2.72. The number of aromatic nitrogens is 5. The Labute approximate surface area is 103 Å². The minimum absolute atomic E-state index is 0.415. The quantitative estimate of drug-likeness (QED) is 0.726. The molecule has 0 aliphatic carbocycles. The molecule has 6 nitrogen and oxygen atoms in total. The van der Waals surface area contributed by atoms with Gasteiger partial charge in [-0.3, -0.25) is 0 Å². The van der Waals surface area contributed by atoms with Gasteiger partial charge in [0, 0.05) is 0 Å². The molecule has 0 amide bonds. The molecule has 0 bridgehead atoms. The van der Waals surface area contributed by atoms with E-state index in [9.17, 15) is 0 Å². The summed E-state index contributed by atoms with van der Waals surface area (Å²) in [6.45, 7) is 2.58. The molecule has 0 spiro atoms. The Balaban J connectivity index is 1.99. The molecule has 3 aromatic rings. The van der Waals surface area contributed by atoms with Crippen molar-refractivity contribution < 1.29 is 0 Å². The van der Waals surface area contributed by atoms with Gasteiger partial charge in [-0.2, -0.15) is 5.10 Å². The predicted octanol–water partition coefficient (Wildman–Crippen LogP) is 1.16. The Morgan fingerprint density at radius 1 is 1.11 bits per heavy atom. The average molecular weight is 240 g/mol. The van der Waals surface area contributed by atoms with Gasteiger partial charge < -0.3 is 5.73 Å². The molecule has 0 radical (unpaired) electrons. The number of hydrogen-bond acceptors (Lipinski definition) is 5. The molecular formula is C12H12N6. The van der Waals surface area contributed by atoms with E-state index < -0.39 is 0 Å². The molecule has 2 aromatic heterocycles. The Hall–Kier alpha value is -2.50. The summed E-state index contributed by atoms with van der Waals surface area (Å²) in [7, 11) is 0. The van der Waals surface area contributed by atoms with Crippen LogP contribution < -0.4 is 5.73 Å². The molecule has 0 fully saturated rings. The normalized spacial score (nSPS) is 10.9. The summed E-state index contributed by atoms with van der Waals surface area (Å²) >= 11 is 0. The second kappa shape index (κ2) is 4.06. The zero-order chi connectivity index (χ0) is 12.5. The Morgan fingerprint density at radius 2 is 2.00 bits per heavy atom. The fourth-order valence-electron chi connectivity index (χ4n) is 1.80. The van der Waals surface area contributed by atoms with Crippen LogP contribution in [0, 0.1) is 6.92 Å². The highest BCUT2D eigenvalue weighted by atomic mass is 15.4. The van der Waals surface area contributed by atoms with Gasteiger partial charge in [0.2, 0.25) is 0 Å². The van der Waals surface area contributed by atoms with E-state index in [0.717, 1.165) is 16.7 Å². The summed E-state index contributed by atoms with van der Waals surface area (Å²) in [4.78, 5) is 0. The maximum Gasteiger partial charge on any atom is 0.146 e. The Kier molecular flexibility index (Phi) is 2.40. The van der Waals surface area contributed by atoms with Crippen molar-refractivity contribution >= 4 is 16.9 Å². The highest BCUT2D eigenvalue weighted by Gasteiger charge is 2.06. The van der Waals surface area contributed by atoms with Crippen LogP contribution >= 0.6 is 0 Å². The van der Waals surface area contributed by atoms with Gasteiger partial charge in [0.25, 0.3) is 0 Å². The van der Waals surface area contributed by atoms with E-state index in [1.165, 1.54) is 5.56 Å². The van der Waals surface area contributed by atoms with Gasteiger partial charge in [0.1, 0.15) is 11.3 Å². The van der Waals surface area contributed by atoms with E-state index in [2.05, 4.69) is 26.6 Å². The van der Waals surface area contributed by atoms with Crippen molar-refractivity contribution in [2.45, 2.75) is 13.5 Å². The lowest BCUT2D eigenvalue weighted by Gasteiger charge is -2.02. The van der Waals surface area contributed by atoms with Crippen LogP contribution in [0.5, 0.6) is 0 Å². The fraction of sp³-hybridized carbons (Fsp3) is 0.167. The largest absolute Gasteiger partial charge is 0.382 e. The van der Waals surface area contributed by atoms with Gasteiger partial charge in [-0.25, -0.2) is 4.68 Å². The van der Waals surface area contributed by atoms with Gasteiger partial charge in [-0.15, -0.1) is 10.2 Å². The third kappa shape index (κ3) is 1.88. The number of hydrogen-bond donors (Lipinski definition) is 1. The molecule has 1 aromatic carbocycles. The maximum absolute atomic E-state index is 5.50. The molecule has 0 atom stereocenters. The molecule has 3 rings (SSSR count). The first kappa shape index (κ1) is 10.6.